The van der Waals surface area contributed by atoms with Gasteiger partial charge >= 0.3 is 0 Å². The lowest BCUT2D eigenvalue weighted by molar-refractivity contribution is 0.0941. The van der Waals surface area contributed by atoms with Gasteiger partial charge in [0.15, 0.2) is 5.69 Å². The van der Waals surface area contributed by atoms with Crippen molar-refractivity contribution >= 4 is 22.5 Å². The van der Waals surface area contributed by atoms with Crippen molar-refractivity contribution < 1.29 is 13.9 Å². The van der Waals surface area contributed by atoms with Crippen molar-refractivity contribution in [3.8, 4) is 5.75 Å². The fourth-order valence-electron chi connectivity index (χ4n) is 2.91. The Morgan fingerprint density at radius 2 is 2.15 bits per heavy atom. The van der Waals surface area contributed by atoms with E-state index in [0.717, 1.165) is 27.9 Å². The maximum atomic E-state index is 14.4. The molecule has 26 heavy (non-hydrogen) atoms. The van der Waals surface area contributed by atoms with Gasteiger partial charge < -0.3 is 15.0 Å². The van der Waals surface area contributed by atoms with Crippen LogP contribution < -0.4 is 10.1 Å². The van der Waals surface area contributed by atoms with Crippen LogP contribution in [-0.4, -0.2) is 27.4 Å². The number of aromatic amines is 1. The average molecular weight is 352 g/mol. The second-order valence-electron chi connectivity index (χ2n) is 6.11. The first-order chi connectivity index (χ1) is 12.5. The summed E-state index contributed by atoms with van der Waals surface area (Å²) in [6.07, 6.45) is 1.56. The average Bonchev–Trinajstić information content (AvgIpc) is 3.19. The van der Waals surface area contributed by atoms with E-state index in [-0.39, 0.29) is 12.2 Å². The Hall–Kier alpha value is -3.35. The highest BCUT2D eigenvalue weighted by Gasteiger charge is 2.19. The van der Waals surface area contributed by atoms with Gasteiger partial charge in [0.25, 0.3) is 5.91 Å². The summed E-state index contributed by atoms with van der Waals surface area (Å²) in [7, 11) is 1.61. The Morgan fingerprint density at radius 3 is 2.96 bits per heavy atom. The van der Waals surface area contributed by atoms with Gasteiger partial charge in [0.2, 0.25) is 5.95 Å². The summed E-state index contributed by atoms with van der Waals surface area (Å²) in [4.78, 5) is 19.7. The number of ether oxygens (including phenoxy) is 1. The molecule has 0 aliphatic rings. The third kappa shape index (κ3) is 2.77. The molecule has 2 N–H and O–H groups in total. The Labute approximate surface area is 148 Å². The van der Waals surface area contributed by atoms with Gasteiger partial charge in [-0.2, -0.15) is 4.39 Å². The van der Waals surface area contributed by atoms with Crippen LogP contribution in [0.5, 0.6) is 5.75 Å². The van der Waals surface area contributed by atoms with Gasteiger partial charge in [-0.1, -0.05) is 0 Å². The number of nitrogens with zero attached hydrogens (tertiary/aromatic N) is 2. The van der Waals surface area contributed by atoms with Crippen molar-refractivity contribution in [3.05, 3.63) is 65.5 Å². The molecule has 0 aliphatic carbocycles. The molecule has 1 aromatic carbocycles. The number of hydrogen-bond acceptors (Lipinski definition) is 3. The van der Waals surface area contributed by atoms with E-state index in [9.17, 15) is 9.18 Å². The van der Waals surface area contributed by atoms with Gasteiger partial charge in [0.1, 0.15) is 11.4 Å². The smallest absolute Gasteiger partial charge is 0.275 e. The minimum atomic E-state index is -0.668. The van der Waals surface area contributed by atoms with Crippen molar-refractivity contribution in [3.63, 3.8) is 0 Å². The summed E-state index contributed by atoms with van der Waals surface area (Å²) in [6, 6.07) is 11.1. The number of carbonyl (C=O) groups is 1. The second kappa shape index (κ2) is 6.18. The number of fused-ring (bicyclic) bond motifs is 2. The highest BCUT2D eigenvalue weighted by Crippen LogP contribution is 2.21. The lowest BCUT2D eigenvalue weighted by atomic mass is 10.2. The monoisotopic (exact) mass is 352 g/mol. The third-order valence-electron chi connectivity index (χ3n) is 4.26. The molecule has 0 atom stereocenters. The van der Waals surface area contributed by atoms with E-state index in [1.807, 2.05) is 31.2 Å². The Balaban J connectivity index is 1.54. The predicted octanol–water partition coefficient (Wildman–Crippen LogP) is 3.20. The van der Waals surface area contributed by atoms with Gasteiger partial charge in [-0.05, 0) is 48.9 Å². The molecule has 0 saturated carbocycles. The topological polar surface area (TPSA) is 71.4 Å². The minimum Gasteiger partial charge on any atom is -0.497 e. The number of halogens is 1. The Bertz CT molecular complexity index is 1130. The first kappa shape index (κ1) is 16.1. The van der Waals surface area contributed by atoms with Crippen LogP contribution >= 0.6 is 0 Å². The molecule has 3 heterocycles. The number of aromatic nitrogens is 3. The highest BCUT2D eigenvalue weighted by atomic mass is 19.1. The molecule has 132 valence electrons. The van der Waals surface area contributed by atoms with Crippen LogP contribution in [0.15, 0.2) is 42.6 Å². The standard InChI is InChI=1S/C19H17FN4O2/c1-11-5-6-24-16(7-11)23-17(18(24)20)19(25)21-10-13-8-12-9-14(26-2)3-4-15(12)22-13/h3-9,22H,10H2,1-2H3,(H,21,25). The molecule has 6 nitrogen and oxygen atoms in total. The van der Waals surface area contributed by atoms with E-state index in [1.165, 1.54) is 4.40 Å². The van der Waals surface area contributed by atoms with Gasteiger partial charge in [-0.3, -0.25) is 9.20 Å². The number of pyridine rings is 1. The number of hydrogen-bond donors (Lipinski definition) is 2. The molecule has 0 fully saturated rings. The zero-order valence-electron chi connectivity index (χ0n) is 14.3. The van der Waals surface area contributed by atoms with Crippen LogP contribution in [0.3, 0.4) is 0 Å². The number of aryl methyl sites for hydroxylation is 1. The molecule has 7 heteroatoms. The van der Waals surface area contributed by atoms with E-state index in [2.05, 4.69) is 15.3 Å². The number of methoxy groups -OCH3 is 1. The Morgan fingerprint density at radius 1 is 1.31 bits per heavy atom. The second-order valence-corrected chi connectivity index (χ2v) is 6.11. The minimum absolute atomic E-state index is 0.214. The fraction of sp³-hybridized carbons (Fsp3) is 0.158. The molecular weight excluding hydrogens is 335 g/mol. The van der Waals surface area contributed by atoms with E-state index in [4.69, 9.17) is 4.74 Å². The lowest BCUT2D eigenvalue weighted by Crippen LogP contribution is -2.24. The third-order valence-corrected chi connectivity index (χ3v) is 4.26. The Kier molecular flexibility index (Phi) is 3.84. The number of H-pyrrole nitrogens is 1. The maximum absolute atomic E-state index is 14.4. The largest absolute Gasteiger partial charge is 0.497 e. The lowest BCUT2D eigenvalue weighted by Gasteiger charge is -2.01. The van der Waals surface area contributed by atoms with Crippen molar-refractivity contribution in [1.82, 2.24) is 19.7 Å². The summed E-state index contributed by atoms with van der Waals surface area (Å²) in [5, 5.41) is 3.68. The fourth-order valence-corrected chi connectivity index (χ4v) is 2.91. The van der Waals surface area contributed by atoms with Crippen molar-refractivity contribution in [2.24, 2.45) is 0 Å². The highest BCUT2D eigenvalue weighted by molar-refractivity contribution is 5.93. The van der Waals surface area contributed by atoms with Gasteiger partial charge in [0.05, 0.1) is 13.7 Å². The van der Waals surface area contributed by atoms with Crippen molar-refractivity contribution in [2.75, 3.05) is 7.11 Å². The number of carbonyl (C=O) groups excluding carboxylic acids is 1. The molecule has 1 amide bonds. The molecule has 3 aromatic heterocycles. The molecule has 0 aliphatic heterocycles. The zero-order chi connectivity index (χ0) is 18.3. The van der Waals surface area contributed by atoms with Crippen LogP contribution in [0.2, 0.25) is 0 Å². The molecule has 0 saturated heterocycles. The van der Waals surface area contributed by atoms with E-state index < -0.39 is 11.9 Å². The molecule has 0 unspecified atom stereocenters. The number of amides is 1. The summed E-state index contributed by atoms with van der Waals surface area (Å²) >= 11 is 0. The quantitative estimate of drug-likeness (QED) is 0.592. The van der Waals surface area contributed by atoms with E-state index >= 15 is 0 Å². The molecule has 4 aromatic rings. The number of rotatable bonds is 4. The summed E-state index contributed by atoms with van der Waals surface area (Å²) in [5.74, 6) is -0.465. The zero-order valence-corrected chi connectivity index (χ0v) is 14.3. The normalized spacial score (nSPS) is 11.2. The van der Waals surface area contributed by atoms with Crippen LogP contribution in [0, 0.1) is 12.9 Å². The van der Waals surface area contributed by atoms with Crippen LogP contribution in [0.25, 0.3) is 16.6 Å². The maximum Gasteiger partial charge on any atom is 0.275 e. The number of benzene rings is 1. The van der Waals surface area contributed by atoms with Gasteiger partial charge in [-0.15, -0.1) is 0 Å². The summed E-state index contributed by atoms with van der Waals surface area (Å²) in [6.45, 7) is 2.12. The first-order valence-electron chi connectivity index (χ1n) is 8.13. The molecule has 0 bridgehead atoms. The SMILES string of the molecule is COc1ccc2[nH]c(CNC(=O)c3nc4cc(C)ccn4c3F)cc2c1. The molecule has 0 spiro atoms. The first-order valence-corrected chi connectivity index (χ1v) is 8.13. The van der Waals surface area contributed by atoms with Gasteiger partial charge in [-0.25, -0.2) is 4.98 Å². The van der Waals surface area contributed by atoms with Crippen LogP contribution in [0.4, 0.5) is 4.39 Å². The van der Waals surface area contributed by atoms with Crippen molar-refractivity contribution in [2.45, 2.75) is 13.5 Å². The van der Waals surface area contributed by atoms with Crippen LogP contribution in [-0.2, 0) is 6.54 Å². The van der Waals surface area contributed by atoms with Crippen molar-refractivity contribution in [1.29, 1.82) is 0 Å². The summed E-state index contributed by atoms with van der Waals surface area (Å²) in [5.41, 5.74) is 2.88. The number of imidazole rings is 1. The molecular formula is C19H17FN4O2. The van der Waals surface area contributed by atoms with E-state index in [0.29, 0.717) is 5.65 Å². The van der Waals surface area contributed by atoms with E-state index in [1.54, 1.807) is 25.4 Å². The number of nitrogens with one attached hydrogen (secondary N) is 2. The molecule has 4 rings (SSSR count). The van der Waals surface area contributed by atoms with Crippen LogP contribution in [0.1, 0.15) is 21.7 Å². The molecule has 0 radical (unpaired) electrons. The van der Waals surface area contributed by atoms with Gasteiger partial charge in [0, 0.05) is 22.8 Å². The predicted molar refractivity (Wildman–Crippen MR) is 95.9 cm³/mol. The summed E-state index contributed by atoms with van der Waals surface area (Å²) < 4.78 is 20.9.